The molecule has 4 heterocycles. The number of hydrogen-bond acceptors (Lipinski definition) is 7. The topological polar surface area (TPSA) is 98.3 Å². The number of nitrogens with zero attached hydrogens (tertiary/aromatic N) is 6. The van der Waals surface area contributed by atoms with E-state index in [2.05, 4.69) is 15.1 Å². The number of likely N-dealkylation sites (tertiary alicyclic amines) is 1. The second-order valence-corrected chi connectivity index (χ2v) is 10.2. The summed E-state index contributed by atoms with van der Waals surface area (Å²) in [7, 11) is 1.76. The van der Waals surface area contributed by atoms with Crippen LogP contribution in [0.25, 0.3) is 0 Å². The molecule has 214 valence electrons. The van der Waals surface area contributed by atoms with Gasteiger partial charge in [-0.3, -0.25) is 14.5 Å². The number of carbonyl (C=O) groups excluding carboxylic acids is 1. The number of aromatic amines is 1. The minimum absolute atomic E-state index is 0.0226. The van der Waals surface area contributed by atoms with Crippen LogP contribution in [0, 0.1) is 5.92 Å². The number of nitrogens with one attached hydrogen (secondary N) is 1. The predicted molar refractivity (Wildman–Crippen MR) is 128 cm³/mol. The van der Waals surface area contributed by atoms with Crippen molar-refractivity contribution in [1.29, 1.82) is 0 Å². The molecule has 0 saturated carbocycles. The van der Waals surface area contributed by atoms with Crippen molar-refractivity contribution < 1.29 is 31.1 Å². The molecule has 0 radical (unpaired) electrons. The van der Waals surface area contributed by atoms with E-state index in [0.29, 0.717) is 45.4 Å². The molecule has 1 N–H and O–H groups in total. The van der Waals surface area contributed by atoms with Crippen molar-refractivity contribution in [2.75, 3.05) is 38.1 Å². The number of anilines is 1. The third-order valence-electron chi connectivity index (χ3n) is 7.28. The number of likely N-dealkylation sites (N-methyl/N-ethyl adjacent to an activating group) is 1. The lowest BCUT2D eigenvalue weighted by Crippen LogP contribution is -2.49. The summed E-state index contributed by atoms with van der Waals surface area (Å²) in [6.07, 6.45) is -4.99. The lowest BCUT2D eigenvalue weighted by molar-refractivity contribution is -0.139. The van der Waals surface area contributed by atoms with Gasteiger partial charge in [0.25, 0.3) is 5.56 Å². The molecule has 2 fully saturated rings. The van der Waals surface area contributed by atoms with Crippen molar-refractivity contribution in [3.8, 4) is 0 Å². The van der Waals surface area contributed by atoms with Crippen LogP contribution < -0.4 is 10.5 Å². The highest BCUT2D eigenvalue weighted by Gasteiger charge is 2.40. The first kappa shape index (κ1) is 28.8. The van der Waals surface area contributed by atoms with Gasteiger partial charge in [-0.15, -0.1) is 0 Å². The Morgan fingerprint density at radius 1 is 1.00 bits per heavy atom. The van der Waals surface area contributed by atoms with Crippen molar-refractivity contribution in [2.24, 2.45) is 5.92 Å². The molecular formula is C24H29F6N7O2. The maximum atomic E-state index is 13.4. The fourth-order valence-corrected chi connectivity index (χ4v) is 5.43. The summed E-state index contributed by atoms with van der Waals surface area (Å²) in [6, 6.07) is -0.446. The van der Waals surface area contributed by atoms with Gasteiger partial charge >= 0.3 is 12.4 Å². The van der Waals surface area contributed by atoms with E-state index in [1.165, 1.54) is 0 Å². The number of rotatable bonds is 7. The van der Waals surface area contributed by atoms with Gasteiger partial charge in [0.05, 0.1) is 17.8 Å². The molecule has 2 atom stereocenters. The molecule has 2 aromatic rings. The van der Waals surface area contributed by atoms with Gasteiger partial charge in [-0.05, 0) is 44.2 Å². The predicted octanol–water partition coefficient (Wildman–Crippen LogP) is 2.98. The average Bonchev–Trinajstić information content (AvgIpc) is 3.24. The number of H-pyrrole nitrogens is 1. The van der Waals surface area contributed by atoms with Gasteiger partial charge in [-0.1, -0.05) is 6.92 Å². The van der Waals surface area contributed by atoms with Gasteiger partial charge in [0.15, 0.2) is 0 Å². The third kappa shape index (κ3) is 6.50. The second kappa shape index (κ2) is 11.1. The summed E-state index contributed by atoms with van der Waals surface area (Å²) in [5.41, 5.74) is -3.63. The Labute approximate surface area is 220 Å². The summed E-state index contributed by atoms with van der Waals surface area (Å²) in [4.78, 5) is 38.1. The fraction of sp³-hybridized carbons (Fsp3) is 0.625. The molecule has 1 unspecified atom stereocenters. The molecule has 0 spiro atoms. The van der Waals surface area contributed by atoms with E-state index in [1.807, 2.05) is 14.9 Å². The van der Waals surface area contributed by atoms with Gasteiger partial charge in [-0.2, -0.15) is 31.4 Å². The van der Waals surface area contributed by atoms with Crippen LogP contribution in [0.2, 0.25) is 0 Å². The van der Waals surface area contributed by atoms with E-state index < -0.39 is 35.1 Å². The molecule has 1 amide bonds. The van der Waals surface area contributed by atoms with Gasteiger partial charge in [-0.25, -0.2) is 15.1 Å². The van der Waals surface area contributed by atoms with Gasteiger partial charge in [0, 0.05) is 44.6 Å². The Balaban J connectivity index is 1.31. The highest BCUT2D eigenvalue weighted by atomic mass is 19.4. The van der Waals surface area contributed by atoms with Crippen molar-refractivity contribution >= 4 is 11.9 Å². The maximum Gasteiger partial charge on any atom is 0.422 e. The van der Waals surface area contributed by atoms with Crippen LogP contribution in [-0.2, 0) is 23.6 Å². The van der Waals surface area contributed by atoms with Gasteiger partial charge in [0.2, 0.25) is 11.9 Å². The first-order valence-corrected chi connectivity index (χ1v) is 12.5. The lowest BCUT2D eigenvalue weighted by atomic mass is 9.98. The Kier molecular flexibility index (Phi) is 8.19. The normalized spacial score (nSPS) is 20.2. The highest BCUT2D eigenvalue weighted by molar-refractivity contribution is 5.84. The number of hydrogen-bond donors (Lipinski definition) is 1. The maximum absolute atomic E-state index is 13.4. The van der Waals surface area contributed by atoms with Crippen LogP contribution >= 0.6 is 0 Å². The van der Waals surface area contributed by atoms with E-state index in [1.54, 1.807) is 18.9 Å². The quantitative estimate of drug-likeness (QED) is 0.519. The first-order valence-electron chi connectivity index (χ1n) is 12.5. The number of aromatic nitrogens is 4. The second-order valence-electron chi connectivity index (χ2n) is 10.2. The van der Waals surface area contributed by atoms with Crippen LogP contribution in [0.3, 0.4) is 0 Å². The summed E-state index contributed by atoms with van der Waals surface area (Å²) in [5.74, 6) is -0.124. The van der Waals surface area contributed by atoms with Crippen molar-refractivity contribution in [2.45, 2.75) is 57.0 Å². The van der Waals surface area contributed by atoms with E-state index in [9.17, 15) is 35.9 Å². The van der Waals surface area contributed by atoms with Crippen LogP contribution in [0.5, 0.6) is 0 Å². The lowest BCUT2D eigenvalue weighted by Gasteiger charge is -2.37. The SMILES string of the molecule is C[C@H](Cc1cn[nH]c(=O)c1C(F)(F)F)CN(C)C1CCN(C2CCN(c3ncc(C(F)(F)F)cn3)CC2)C1=O. The summed E-state index contributed by atoms with van der Waals surface area (Å²) in [6.45, 7) is 3.62. The molecule has 0 bridgehead atoms. The van der Waals surface area contributed by atoms with Crippen molar-refractivity contribution in [3.63, 3.8) is 0 Å². The molecule has 2 aromatic heterocycles. The number of alkyl halides is 6. The average molecular weight is 562 g/mol. The third-order valence-corrected chi connectivity index (χ3v) is 7.28. The zero-order valence-electron chi connectivity index (χ0n) is 21.4. The summed E-state index contributed by atoms with van der Waals surface area (Å²) in [5, 5.41) is 5.34. The molecule has 2 saturated heterocycles. The standard InChI is InChI=1S/C24H29F6N7O2/c1-14(9-15-10-33-34-20(38)19(15)24(28,29)30)13-35(2)18-5-8-37(21(18)39)17-3-6-36(7-4-17)22-31-11-16(12-32-22)23(25,26)27/h10-12,14,17-18H,3-9,13H2,1-2H3,(H,34,38)/t14-,18?/m1/s1. The Bertz CT molecular complexity index is 1210. The molecule has 2 aliphatic rings. The highest BCUT2D eigenvalue weighted by Crippen LogP contribution is 2.31. The molecule has 2 aliphatic heterocycles. The largest absolute Gasteiger partial charge is 0.422 e. The van der Waals surface area contributed by atoms with E-state index in [0.717, 1.165) is 18.6 Å². The molecule has 0 aliphatic carbocycles. The molecule has 0 aromatic carbocycles. The summed E-state index contributed by atoms with van der Waals surface area (Å²) < 4.78 is 78.4. The Morgan fingerprint density at radius 3 is 2.23 bits per heavy atom. The van der Waals surface area contributed by atoms with Crippen LogP contribution in [0.4, 0.5) is 32.3 Å². The molecule has 9 nitrogen and oxygen atoms in total. The zero-order chi connectivity index (χ0) is 28.5. The van der Waals surface area contributed by atoms with E-state index in [-0.39, 0.29) is 35.8 Å². The first-order chi connectivity index (χ1) is 18.3. The van der Waals surface area contributed by atoms with Crippen LogP contribution in [-0.4, -0.2) is 81.2 Å². The zero-order valence-corrected chi connectivity index (χ0v) is 21.4. The number of halogens is 6. The monoisotopic (exact) mass is 561 g/mol. The molecule has 4 rings (SSSR count). The van der Waals surface area contributed by atoms with Crippen molar-refractivity contribution in [3.05, 3.63) is 45.6 Å². The minimum Gasteiger partial charge on any atom is -0.341 e. The summed E-state index contributed by atoms with van der Waals surface area (Å²) >= 11 is 0. The Hall–Kier alpha value is -3.23. The number of piperidine rings is 1. The van der Waals surface area contributed by atoms with E-state index >= 15 is 0 Å². The molecular weight excluding hydrogens is 532 g/mol. The van der Waals surface area contributed by atoms with Crippen molar-refractivity contribution in [1.82, 2.24) is 30.0 Å². The van der Waals surface area contributed by atoms with Gasteiger partial charge in [0.1, 0.15) is 5.56 Å². The van der Waals surface area contributed by atoms with E-state index in [4.69, 9.17) is 0 Å². The molecule has 39 heavy (non-hydrogen) atoms. The van der Waals surface area contributed by atoms with Gasteiger partial charge < -0.3 is 9.80 Å². The minimum atomic E-state index is -4.80. The van der Waals surface area contributed by atoms with Crippen LogP contribution in [0.1, 0.15) is 42.9 Å². The Morgan fingerprint density at radius 2 is 1.64 bits per heavy atom. The fourth-order valence-electron chi connectivity index (χ4n) is 5.43. The van der Waals surface area contributed by atoms with Crippen LogP contribution in [0.15, 0.2) is 23.4 Å². The molecule has 15 heteroatoms. The number of amides is 1. The number of carbonyl (C=O) groups is 1. The smallest absolute Gasteiger partial charge is 0.341 e.